The number of amides is 1. The van der Waals surface area contributed by atoms with Gasteiger partial charge in [-0.25, -0.2) is 0 Å². The second-order valence-electron chi connectivity index (χ2n) is 4.64. The molecule has 0 unspecified atom stereocenters. The first-order chi connectivity index (χ1) is 7.59. The highest BCUT2D eigenvalue weighted by molar-refractivity contribution is 5.96. The SMILES string of the molecule is CC(C)C(=O)N1CCCc2cc(N)ccc21. The fraction of sp³-hybridized carbons (Fsp3) is 0.462. The van der Waals surface area contributed by atoms with Crippen LogP contribution in [0.4, 0.5) is 11.4 Å². The molecule has 2 N–H and O–H groups in total. The fourth-order valence-electron chi connectivity index (χ4n) is 2.16. The molecule has 0 radical (unpaired) electrons. The van der Waals surface area contributed by atoms with Gasteiger partial charge < -0.3 is 10.6 Å². The van der Waals surface area contributed by atoms with E-state index in [0.29, 0.717) is 0 Å². The number of carbonyl (C=O) groups excluding carboxylic acids is 1. The zero-order valence-electron chi connectivity index (χ0n) is 9.86. The lowest BCUT2D eigenvalue weighted by molar-refractivity contribution is -0.121. The fourth-order valence-corrected chi connectivity index (χ4v) is 2.16. The van der Waals surface area contributed by atoms with Crippen LogP contribution in [0.1, 0.15) is 25.8 Å². The lowest BCUT2D eigenvalue weighted by Gasteiger charge is -2.31. The minimum absolute atomic E-state index is 0.0449. The monoisotopic (exact) mass is 218 g/mol. The largest absolute Gasteiger partial charge is 0.399 e. The summed E-state index contributed by atoms with van der Waals surface area (Å²) in [6.45, 7) is 4.70. The van der Waals surface area contributed by atoms with Crippen molar-refractivity contribution in [1.82, 2.24) is 0 Å². The maximum absolute atomic E-state index is 12.0. The third-order valence-corrected chi connectivity index (χ3v) is 2.98. The highest BCUT2D eigenvalue weighted by atomic mass is 16.2. The van der Waals surface area contributed by atoms with Crippen LogP contribution in [0.15, 0.2) is 18.2 Å². The molecule has 1 aromatic rings. The summed E-state index contributed by atoms with van der Waals surface area (Å²) in [5, 5.41) is 0. The van der Waals surface area contributed by atoms with Crippen LogP contribution < -0.4 is 10.6 Å². The van der Waals surface area contributed by atoms with Gasteiger partial charge in [0, 0.05) is 23.8 Å². The van der Waals surface area contributed by atoms with E-state index in [-0.39, 0.29) is 11.8 Å². The summed E-state index contributed by atoms with van der Waals surface area (Å²) in [5.41, 5.74) is 8.77. The molecule has 2 rings (SSSR count). The molecule has 1 aliphatic rings. The van der Waals surface area contributed by atoms with Crippen LogP contribution in [0.25, 0.3) is 0 Å². The Hall–Kier alpha value is -1.51. The summed E-state index contributed by atoms with van der Waals surface area (Å²) in [7, 11) is 0. The number of fused-ring (bicyclic) bond motifs is 1. The van der Waals surface area contributed by atoms with Crippen LogP contribution in [-0.2, 0) is 11.2 Å². The van der Waals surface area contributed by atoms with Gasteiger partial charge in [0.25, 0.3) is 0 Å². The summed E-state index contributed by atoms with van der Waals surface area (Å²) in [6.07, 6.45) is 2.04. The van der Waals surface area contributed by atoms with Gasteiger partial charge in [0.15, 0.2) is 0 Å². The van der Waals surface area contributed by atoms with Crippen molar-refractivity contribution >= 4 is 17.3 Å². The topological polar surface area (TPSA) is 46.3 Å². The van der Waals surface area contributed by atoms with Crippen molar-refractivity contribution in [2.75, 3.05) is 17.2 Å². The van der Waals surface area contributed by atoms with E-state index in [4.69, 9.17) is 5.73 Å². The number of nitrogens with zero attached hydrogens (tertiary/aromatic N) is 1. The van der Waals surface area contributed by atoms with Gasteiger partial charge in [-0.05, 0) is 36.6 Å². The maximum atomic E-state index is 12.0. The maximum Gasteiger partial charge on any atom is 0.229 e. The molecule has 0 saturated heterocycles. The zero-order chi connectivity index (χ0) is 11.7. The average molecular weight is 218 g/mol. The Balaban J connectivity index is 2.37. The van der Waals surface area contributed by atoms with E-state index < -0.39 is 0 Å². The number of carbonyl (C=O) groups is 1. The Bertz CT molecular complexity index is 412. The molecule has 3 nitrogen and oxygen atoms in total. The number of hydrogen-bond donors (Lipinski definition) is 1. The normalized spacial score (nSPS) is 15.1. The van der Waals surface area contributed by atoms with E-state index >= 15 is 0 Å². The van der Waals surface area contributed by atoms with Crippen LogP contribution in [-0.4, -0.2) is 12.5 Å². The van der Waals surface area contributed by atoms with Crippen LogP contribution in [0, 0.1) is 5.92 Å². The molecule has 86 valence electrons. The van der Waals surface area contributed by atoms with Gasteiger partial charge in [-0.3, -0.25) is 4.79 Å². The predicted molar refractivity (Wildman–Crippen MR) is 66.4 cm³/mol. The van der Waals surface area contributed by atoms with E-state index in [1.54, 1.807) is 0 Å². The molecule has 1 amide bonds. The summed E-state index contributed by atoms with van der Waals surface area (Å²) >= 11 is 0. The first kappa shape index (κ1) is 11.0. The van der Waals surface area contributed by atoms with Crippen molar-refractivity contribution < 1.29 is 4.79 Å². The summed E-state index contributed by atoms with van der Waals surface area (Å²) < 4.78 is 0. The first-order valence-electron chi connectivity index (χ1n) is 5.79. The number of rotatable bonds is 1. The molecular weight excluding hydrogens is 200 g/mol. The number of nitrogen functional groups attached to an aromatic ring is 1. The smallest absolute Gasteiger partial charge is 0.229 e. The van der Waals surface area contributed by atoms with Gasteiger partial charge in [0.1, 0.15) is 0 Å². The van der Waals surface area contributed by atoms with Crippen molar-refractivity contribution in [1.29, 1.82) is 0 Å². The Kier molecular flexibility index (Phi) is 2.86. The zero-order valence-corrected chi connectivity index (χ0v) is 9.86. The van der Waals surface area contributed by atoms with Crippen molar-refractivity contribution in [3.63, 3.8) is 0 Å². The minimum atomic E-state index is 0.0449. The molecule has 1 aromatic carbocycles. The van der Waals surface area contributed by atoms with Crippen molar-refractivity contribution in [2.45, 2.75) is 26.7 Å². The van der Waals surface area contributed by atoms with Gasteiger partial charge in [0.2, 0.25) is 5.91 Å². The molecule has 0 bridgehead atoms. The summed E-state index contributed by atoms with van der Waals surface area (Å²) in [6, 6.07) is 5.81. The third-order valence-electron chi connectivity index (χ3n) is 2.98. The molecule has 0 atom stereocenters. The Morgan fingerprint density at radius 3 is 2.88 bits per heavy atom. The van der Waals surface area contributed by atoms with Gasteiger partial charge in [-0.15, -0.1) is 0 Å². The Morgan fingerprint density at radius 2 is 2.19 bits per heavy atom. The van der Waals surface area contributed by atoms with Crippen LogP contribution in [0.3, 0.4) is 0 Å². The van der Waals surface area contributed by atoms with Crippen molar-refractivity contribution in [3.8, 4) is 0 Å². The molecule has 3 heteroatoms. The average Bonchev–Trinajstić information content (AvgIpc) is 2.26. The molecule has 0 spiro atoms. The molecule has 0 aromatic heterocycles. The van der Waals surface area contributed by atoms with Gasteiger partial charge in [-0.2, -0.15) is 0 Å². The number of benzene rings is 1. The minimum Gasteiger partial charge on any atom is -0.399 e. The van der Waals surface area contributed by atoms with Crippen molar-refractivity contribution in [3.05, 3.63) is 23.8 Å². The summed E-state index contributed by atoms with van der Waals surface area (Å²) in [4.78, 5) is 13.9. The predicted octanol–water partition coefficient (Wildman–Crippen LogP) is 2.20. The standard InChI is InChI=1S/C13H18N2O/c1-9(2)13(16)15-7-3-4-10-8-11(14)5-6-12(10)15/h5-6,8-9H,3-4,7,14H2,1-2H3. The van der Waals surface area contributed by atoms with E-state index in [2.05, 4.69) is 0 Å². The molecule has 0 saturated carbocycles. The lowest BCUT2D eigenvalue weighted by Crippen LogP contribution is -2.38. The lowest BCUT2D eigenvalue weighted by atomic mass is 9.99. The van der Waals surface area contributed by atoms with E-state index in [1.807, 2.05) is 36.9 Å². The molecule has 0 aliphatic carbocycles. The number of aryl methyl sites for hydroxylation is 1. The number of hydrogen-bond acceptors (Lipinski definition) is 2. The Labute approximate surface area is 96.2 Å². The van der Waals surface area contributed by atoms with Crippen LogP contribution in [0.2, 0.25) is 0 Å². The molecule has 1 aliphatic heterocycles. The second kappa shape index (κ2) is 4.16. The second-order valence-corrected chi connectivity index (χ2v) is 4.64. The molecule has 1 heterocycles. The van der Waals surface area contributed by atoms with Crippen LogP contribution >= 0.6 is 0 Å². The summed E-state index contributed by atoms with van der Waals surface area (Å²) in [5.74, 6) is 0.245. The number of anilines is 2. The highest BCUT2D eigenvalue weighted by Gasteiger charge is 2.23. The van der Waals surface area contributed by atoms with E-state index in [0.717, 1.165) is 30.8 Å². The Morgan fingerprint density at radius 1 is 1.44 bits per heavy atom. The van der Waals surface area contributed by atoms with Gasteiger partial charge in [0.05, 0.1) is 0 Å². The molecule has 16 heavy (non-hydrogen) atoms. The molecule has 0 fully saturated rings. The quantitative estimate of drug-likeness (QED) is 0.734. The van der Waals surface area contributed by atoms with Gasteiger partial charge >= 0.3 is 0 Å². The number of nitrogens with two attached hydrogens (primary N) is 1. The highest BCUT2D eigenvalue weighted by Crippen LogP contribution is 2.29. The van der Waals surface area contributed by atoms with E-state index in [1.165, 1.54) is 5.56 Å². The van der Waals surface area contributed by atoms with Gasteiger partial charge in [-0.1, -0.05) is 13.8 Å². The first-order valence-corrected chi connectivity index (χ1v) is 5.79. The van der Waals surface area contributed by atoms with Crippen LogP contribution in [0.5, 0.6) is 0 Å². The third kappa shape index (κ3) is 1.90. The van der Waals surface area contributed by atoms with E-state index in [9.17, 15) is 4.79 Å². The van der Waals surface area contributed by atoms with Crippen molar-refractivity contribution in [2.24, 2.45) is 5.92 Å². The molecular formula is C13H18N2O.